The molecule has 1 aliphatic carbocycles. The van der Waals surface area contributed by atoms with Gasteiger partial charge in [0, 0.05) is 16.5 Å². The van der Waals surface area contributed by atoms with Crippen LogP contribution in [0.2, 0.25) is 5.02 Å². The molecule has 5 nitrogen and oxygen atoms in total. The zero-order valence-corrected chi connectivity index (χ0v) is 12.6. The topological polar surface area (TPSA) is 69.6 Å². The fourth-order valence-corrected chi connectivity index (χ4v) is 3.70. The van der Waals surface area contributed by atoms with Gasteiger partial charge in [0.15, 0.2) is 0 Å². The Morgan fingerprint density at radius 3 is 2.85 bits per heavy atom. The zero-order valence-electron chi connectivity index (χ0n) is 11.0. The van der Waals surface area contributed by atoms with Crippen LogP contribution in [-0.2, 0) is 6.54 Å². The van der Waals surface area contributed by atoms with Crippen molar-refractivity contribution in [2.24, 2.45) is 5.73 Å². The van der Waals surface area contributed by atoms with Gasteiger partial charge < -0.3 is 5.73 Å². The van der Waals surface area contributed by atoms with E-state index in [2.05, 4.69) is 15.5 Å². The SMILES string of the molecule is NCc1ccc(Sc2nnnn2C2CCCC2)cc1Cl. The van der Waals surface area contributed by atoms with Crippen molar-refractivity contribution in [2.75, 3.05) is 0 Å². The van der Waals surface area contributed by atoms with Crippen LogP contribution in [0.5, 0.6) is 0 Å². The van der Waals surface area contributed by atoms with E-state index in [0.717, 1.165) is 28.5 Å². The molecule has 2 N–H and O–H groups in total. The molecular formula is C13H16ClN5S. The Bertz CT molecular complexity index is 594. The number of tetrazole rings is 1. The molecule has 1 aromatic heterocycles. The third kappa shape index (κ3) is 2.82. The minimum atomic E-state index is 0.436. The second kappa shape index (κ2) is 6.11. The van der Waals surface area contributed by atoms with Crippen molar-refractivity contribution in [3.05, 3.63) is 28.8 Å². The van der Waals surface area contributed by atoms with Crippen molar-refractivity contribution in [1.29, 1.82) is 0 Å². The molecule has 0 radical (unpaired) electrons. The molecule has 0 aliphatic heterocycles. The van der Waals surface area contributed by atoms with E-state index in [4.69, 9.17) is 17.3 Å². The van der Waals surface area contributed by atoms with Gasteiger partial charge in [-0.05, 0) is 52.7 Å². The molecule has 0 unspecified atom stereocenters. The average Bonchev–Trinajstić information content (AvgIpc) is 3.09. The minimum Gasteiger partial charge on any atom is -0.326 e. The monoisotopic (exact) mass is 309 g/mol. The van der Waals surface area contributed by atoms with Crippen LogP contribution in [0.1, 0.15) is 37.3 Å². The summed E-state index contributed by atoms with van der Waals surface area (Å²) in [5.41, 5.74) is 6.57. The quantitative estimate of drug-likeness (QED) is 0.940. The van der Waals surface area contributed by atoms with Gasteiger partial charge in [0.2, 0.25) is 5.16 Å². The summed E-state index contributed by atoms with van der Waals surface area (Å²) < 4.78 is 1.95. The van der Waals surface area contributed by atoms with Gasteiger partial charge in [0.25, 0.3) is 0 Å². The molecule has 1 saturated carbocycles. The molecule has 1 fully saturated rings. The molecular weight excluding hydrogens is 294 g/mol. The fourth-order valence-electron chi connectivity index (χ4n) is 2.49. The van der Waals surface area contributed by atoms with Crippen molar-refractivity contribution >= 4 is 23.4 Å². The maximum Gasteiger partial charge on any atom is 0.214 e. The smallest absolute Gasteiger partial charge is 0.214 e. The summed E-state index contributed by atoms with van der Waals surface area (Å²) in [6.07, 6.45) is 4.83. The van der Waals surface area contributed by atoms with Gasteiger partial charge in [0.05, 0.1) is 6.04 Å². The third-order valence-electron chi connectivity index (χ3n) is 3.59. The van der Waals surface area contributed by atoms with Crippen molar-refractivity contribution in [1.82, 2.24) is 20.2 Å². The Kier molecular flexibility index (Phi) is 4.24. The Hall–Kier alpha value is -1.11. The van der Waals surface area contributed by atoms with Crippen LogP contribution in [0.3, 0.4) is 0 Å². The first-order chi connectivity index (χ1) is 9.78. The molecule has 0 spiro atoms. The summed E-state index contributed by atoms with van der Waals surface area (Å²) in [6.45, 7) is 0.448. The van der Waals surface area contributed by atoms with E-state index in [1.165, 1.54) is 12.8 Å². The van der Waals surface area contributed by atoms with Crippen LogP contribution in [0.15, 0.2) is 28.3 Å². The van der Waals surface area contributed by atoms with Crippen LogP contribution in [-0.4, -0.2) is 20.2 Å². The molecule has 3 rings (SSSR count). The van der Waals surface area contributed by atoms with Gasteiger partial charge in [-0.15, -0.1) is 5.10 Å². The maximum atomic E-state index is 6.18. The van der Waals surface area contributed by atoms with E-state index in [1.807, 2.05) is 22.9 Å². The van der Waals surface area contributed by atoms with Gasteiger partial charge >= 0.3 is 0 Å². The number of aromatic nitrogens is 4. The van der Waals surface area contributed by atoms with Crippen LogP contribution in [0, 0.1) is 0 Å². The number of benzene rings is 1. The van der Waals surface area contributed by atoms with E-state index in [9.17, 15) is 0 Å². The lowest BCUT2D eigenvalue weighted by molar-refractivity contribution is 0.423. The van der Waals surface area contributed by atoms with E-state index in [0.29, 0.717) is 17.6 Å². The van der Waals surface area contributed by atoms with Crippen LogP contribution < -0.4 is 5.73 Å². The van der Waals surface area contributed by atoms with Crippen molar-refractivity contribution in [3.63, 3.8) is 0 Å². The van der Waals surface area contributed by atoms with E-state index >= 15 is 0 Å². The lowest BCUT2D eigenvalue weighted by Gasteiger charge is -2.11. The Morgan fingerprint density at radius 2 is 2.15 bits per heavy atom. The summed E-state index contributed by atoms with van der Waals surface area (Å²) >= 11 is 7.73. The molecule has 20 heavy (non-hydrogen) atoms. The van der Waals surface area contributed by atoms with Crippen molar-refractivity contribution < 1.29 is 0 Å². The Balaban J connectivity index is 1.81. The van der Waals surface area contributed by atoms with Crippen LogP contribution >= 0.6 is 23.4 Å². The minimum absolute atomic E-state index is 0.436. The van der Waals surface area contributed by atoms with E-state index in [1.54, 1.807) is 11.8 Å². The van der Waals surface area contributed by atoms with E-state index in [-0.39, 0.29) is 0 Å². The largest absolute Gasteiger partial charge is 0.326 e. The van der Waals surface area contributed by atoms with Crippen LogP contribution in [0.4, 0.5) is 0 Å². The Morgan fingerprint density at radius 1 is 1.35 bits per heavy atom. The zero-order chi connectivity index (χ0) is 13.9. The standard InChI is InChI=1S/C13H16ClN5S/c14-12-7-11(6-5-9(12)8-15)20-13-16-17-18-19(13)10-3-1-2-4-10/h5-7,10H,1-4,8,15H2. The highest BCUT2D eigenvalue weighted by atomic mass is 35.5. The van der Waals surface area contributed by atoms with Crippen molar-refractivity contribution in [2.45, 2.75) is 48.3 Å². The molecule has 2 aromatic rings. The van der Waals surface area contributed by atoms with Gasteiger partial charge in [-0.3, -0.25) is 0 Å². The van der Waals surface area contributed by atoms with E-state index < -0.39 is 0 Å². The summed E-state index contributed by atoms with van der Waals surface area (Å²) in [4.78, 5) is 1.03. The Labute approximate surface area is 126 Å². The average molecular weight is 310 g/mol. The molecule has 1 aromatic carbocycles. The lowest BCUT2D eigenvalue weighted by Crippen LogP contribution is -2.08. The first-order valence-corrected chi connectivity index (χ1v) is 7.91. The number of hydrogen-bond donors (Lipinski definition) is 1. The van der Waals surface area contributed by atoms with Gasteiger partial charge in [0.1, 0.15) is 0 Å². The van der Waals surface area contributed by atoms with Gasteiger partial charge in [-0.25, -0.2) is 4.68 Å². The number of nitrogens with zero attached hydrogens (tertiary/aromatic N) is 4. The molecule has 106 valence electrons. The highest BCUT2D eigenvalue weighted by Crippen LogP contribution is 2.34. The first-order valence-electron chi connectivity index (χ1n) is 6.72. The normalized spacial score (nSPS) is 15.9. The fraction of sp³-hybridized carbons (Fsp3) is 0.462. The second-order valence-electron chi connectivity index (χ2n) is 4.90. The highest BCUT2D eigenvalue weighted by Gasteiger charge is 2.21. The predicted octanol–water partition coefficient (Wildman–Crippen LogP) is 3.05. The molecule has 0 amide bonds. The maximum absolute atomic E-state index is 6.18. The summed E-state index contributed by atoms with van der Waals surface area (Å²) in [7, 11) is 0. The molecule has 7 heteroatoms. The summed E-state index contributed by atoms with van der Waals surface area (Å²) in [5, 5.41) is 13.6. The highest BCUT2D eigenvalue weighted by molar-refractivity contribution is 7.99. The molecule has 0 atom stereocenters. The summed E-state index contributed by atoms with van der Waals surface area (Å²) in [6, 6.07) is 6.31. The second-order valence-corrected chi connectivity index (χ2v) is 6.35. The number of nitrogens with two attached hydrogens (primary N) is 1. The van der Waals surface area contributed by atoms with Crippen molar-refractivity contribution in [3.8, 4) is 0 Å². The van der Waals surface area contributed by atoms with Gasteiger partial charge in [-0.1, -0.05) is 30.5 Å². The number of halogens is 1. The molecule has 0 saturated heterocycles. The lowest BCUT2D eigenvalue weighted by atomic mass is 10.2. The van der Waals surface area contributed by atoms with Gasteiger partial charge in [-0.2, -0.15) is 0 Å². The first kappa shape index (κ1) is 13.9. The molecule has 0 bridgehead atoms. The predicted molar refractivity (Wildman–Crippen MR) is 78.8 cm³/mol. The summed E-state index contributed by atoms with van der Waals surface area (Å²) in [5.74, 6) is 0. The number of hydrogen-bond acceptors (Lipinski definition) is 5. The third-order valence-corrected chi connectivity index (χ3v) is 4.88. The molecule has 1 heterocycles. The van der Waals surface area contributed by atoms with Crippen LogP contribution in [0.25, 0.3) is 0 Å². The molecule has 1 aliphatic rings. The number of rotatable bonds is 4.